The van der Waals surface area contributed by atoms with E-state index in [1.165, 1.54) is 16.3 Å². The Bertz CT molecular complexity index is 487. The van der Waals surface area contributed by atoms with Gasteiger partial charge in [-0.2, -0.15) is 0 Å². The van der Waals surface area contributed by atoms with Crippen molar-refractivity contribution < 1.29 is 9.47 Å². The van der Waals surface area contributed by atoms with E-state index in [-0.39, 0.29) is 0 Å². The first-order valence-electron chi connectivity index (χ1n) is 5.58. The Morgan fingerprint density at radius 1 is 0.875 bits per heavy atom. The first-order chi connectivity index (χ1) is 7.93. The minimum Gasteiger partial charge on any atom is -0.355 e. The Balaban J connectivity index is 1.97. The van der Waals surface area contributed by atoms with E-state index >= 15 is 0 Å². The SMILES string of the molecule is c1ccc2cc(C3COCOC3)ccc2c1. The topological polar surface area (TPSA) is 18.5 Å². The third-order valence-corrected chi connectivity index (χ3v) is 3.05. The smallest absolute Gasteiger partial charge is 0.146 e. The summed E-state index contributed by atoms with van der Waals surface area (Å²) in [7, 11) is 0. The maximum Gasteiger partial charge on any atom is 0.146 e. The molecule has 0 unspecified atom stereocenters. The summed E-state index contributed by atoms with van der Waals surface area (Å²) in [5.74, 6) is 0.373. The van der Waals surface area contributed by atoms with Crippen LogP contribution >= 0.6 is 0 Å². The van der Waals surface area contributed by atoms with Crippen LogP contribution in [0.25, 0.3) is 10.8 Å². The van der Waals surface area contributed by atoms with Crippen LogP contribution in [0.4, 0.5) is 0 Å². The lowest BCUT2D eigenvalue weighted by Crippen LogP contribution is -2.22. The van der Waals surface area contributed by atoms with E-state index < -0.39 is 0 Å². The molecule has 1 aliphatic rings. The molecule has 2 aromatic rings. The summed E-state index contributed by atoms with van der Waals surface area (Å²) in [4.78, 5) is 0. The molecule has 2 heteroatoms. The molecule has 2 nitrogen and oxygen atoms in total. The molecule has 0 bridgehead atoms. The zero-order valence-corrected chi connectivity index (χ0v) is 9.06. The Morgan fingerprint density at radius 2 is 1.62 bits per heavy atom. The fourth-order valence-corrected chi connectivity index (χ4v) is 2.14. The van der Waals surface area contributed by atoms with Crippen LogP contribution in [-0.2, 0) is 9.47 Å². The minimum atomic E-state index is 0.373. The molecule has 0 N–H and O–H groups in total. The number of rotatable bonds is 1. The highest BCUT2D eigenvalue weighted by Gasteiger charge is 2.16. The van der Waals surface area contributed by atoms with Gasteiger partial charge in [-0.15, -0.1) is 0 Å². The first kappa shape index (κ1) is 9.82. The number of hydrogen-bond donors (Lipinski definition) is 0. The number of ether oxygens (including phenoxy) is 2. The van der Waals surface area contributed by atoms with Crippen molar-refractivity contribution in [2.75, 3.05) is 20.0 Å². The minimum absolute atomic E-state index is 0.373. The lowest BCUT2D eigenvalue weighted by Gasteiger charge is -2.22. The summed E-state index contributed by atoms with van der Waals surface area (Å²) in [5, 5.41) is 2.56. The molecule has 0 spiro atoms. The van der Waals surface area contributed by atoms with Crippen LogP contribution in [0.3, 0.4) is 0 Å². The van der Waals surface area contributed by atoms with Crippen molar-refractivity contribution in [2.24, 2.45) is 0 Å². The number of hydrogen-bond acceptors (Lipinski definition) is 2. The van der Waals surface area contributed by atoms with E-state index in [1.807, 2.05) is 0 Å². The molecular formula is C14H14O2. The standard InChI is InChI=1S/C14H14O2/c1-2-4-12-7-13(6-5-11(12)3-1)14-8-15-10-16-9-14/h1-7,14H,8-10H2. The van der Waals surface area contributed by atoms with Gasteiger partial charge in [0.05, 0.1) is 13.2 Å². The van der Waals surface area contributed by atoms with Gasteiger partial charge in [-0.3, -0.25) is 0 Å². The van der Waals surface area contributed by atoms with E-state index in [9.17, 15) is 0 Å². The van der Waals surface area contributed by atoms with Crippen LogP contribution in [0.1, 0.15) is 11.5 Å². The second-order valence-electron chi connectivity index (χ2n) is 4.16. The quantitative estimate of drug-likeness (QED) is 0.726. The molecule has 0 atom stereocenters. The van der Waals surface area contributed by atoms with Gasteiger partial charge in [0.2, 0.25) is 0 Å². The van der Waals surface area contributed by atoms with Gasteiger partial charge in [0.1, 0.15) is 6.79 Å². The van der Waals surface area contributed by atoms with Crippen molar-refractivity contribution in [1.29, 1.82) is 0 Å². The summed E-state index contributed by atoms with van der Waals surface area (Å²) >= 11 is 0. The van der Waals surface area contributed by atoms with Crippen LogP contribution in [0.15, 0.2) is 42.5 Å². The number of benzene rings is 2. The average Bonchev–Trinajstić information content (AvgIpc) is 2.39. The van der Waals surface area contributed by atoms with Crippen molar-refractivity contribution in [2.45, 2.75) is 5.92 Å². The van der Waals surface area contributed by atoms with E-state index in [1.54, 1.807) is 0 Å². The molecule has 1 saturated heterocycles. The third-order valence-electron chi connectivity index (χ3n) is 3.05. The fraction of sp³-hybridized carbons (Fsp3) is 0.286. The second kappa shape index (κ2) is 4.24. The third kappa shape index (κ3) is 1.82. The molecule has 82 valence electrons. The predicted octanol–water partition coefficient (Wildman–Crippen LogP) is 2.93. The Morgan fingerprint density at radius 3 is 2.44 bits per heavy atom. The maximum atomic E-state index is 5.33. The van der Waals surface area contributed by atoms with Crippen LogP contribution in [0.2, 0.25) is 0 Å². The van der Waals surface area contributed by atoms with Crippen molar-refractivity contribution in [3.8, 4) is 0 Å². The molecule has 16 heavy (non-hydrogen) atoms. The van der Waals surface area contributed by atoms with E-state index in [0.717, 1.165) is 13.2 Å². The Labute approximate surface area is 94.8 Å². The normalized spacial score (nSPS) is 17.8. The zero-order chi connectivity index (χ0) is 10.8. The van der Waals surface area contributed by atoms with Gasteiger partial charge in [-0.05, 0) is 16.3 Å². The van der Waals surface area contributed by atoms with Gasteiger partial charge in [0.25, 0.3) is 0 Å². The molecule has 0 aliphatic carbocycles. The maximum absolute atomic E-state index is 5.33. The first-order valence-corrected chi connectivity index (χ1v) is 5.58. The second-order valence-corrected chi connectivity index (χ2v) is 4.16. The summed E-state index contributed by atoms with van der Waals surface area (Å²) < 4.78 is 10.7. The highest BCUT2D eigenvalue weighted by Crippen LogP contribution is 2.24. The number of fused-ring (bicyclic) bond motifs is 1. The molecule has 1 aliphatic heterocycles. The van der Waals surface area contributed by atoms with Gasteiger partial charge in [-0.1, -0.05) is 42.5 Å². The van der Waals surface area contributed by atoms with Crippen molar-refractivity contribution in [1.82, 2.24) is 0 Å². The van der Waals surface area contributed by atoms with E-state index in [2.05, 4.69) is 42.5 Å². The monoisotopic (exact) mass is 214 g/mol. The molecule has 1 heterocycles. The zero-order valence-electron chi connectivity index (χ0n) is 9.06. The summed E-state index contributed by atoms with van der Waals surface area (Å²) in [6.45, 7) is 1.96. The predicted molar refractivity (Wildman–Crippen MR) is 63.5 cm³/mol. The molecular weight excluding hydrogens is 200 g/mol. The molecule has 2 aromatic carbocycles. The van der Waals surface area contributed by atoms with Crippen LogP contribution in [-0.4, -0.2) is 20.0 Å². The van der Waals surface area contributed by atoms with E-state index in [4.69, 9.17) is 9.47 Å². The summed E-state index contributed by atoms with van der Waals surface area (Å²) in [6, 6.07) is 15.0. The molecule has 3 rings (SSSR count). The molecule has 0 aromatic heterocycles. The summed E-state index contributed by atoms with van der Waals surface area (Å²) in [6.07, 6.45) is 0. The van der Waals surface area contributed by atoms with Crippen LogP contribution < -0.4 is 0 Å². The molecule has 1 fully saturated rings. The fourth-order valence-electron chi connectivity index (χ4n) is 2.14. The van der Waals surface area contributed by atoms with Crippen LogP contribution in [0.5, 0.6) is 0 Å². The lowest BCUT2D eigenvalue weighted by molar-refractivity contribution is -0.108. The van der Waals surface area contributed by atoms with Gasteiger partial charge >= 0.3 is 0 Å². The van der Waals surface area contributed by atoms with Gasteiger partial charge in [-0.25, -0.2) is 0 Å². The van der Waals surface area contributed by atoms with Crippen molar-refractivity contribution in [3.63, 3.8) is 0 Å². The molecule has 0 amide bonds. The van der Waals surface area contributed by atoms with Gasteiger partial charge < -0.3 is 9.47 Å². The van der Waals surface area contributed by atoms with Gasteiger partial charge in [0.15, 0.2) is 0 Å². The van der Waals surface area contributed by atoms with Crippen molar-refractivity contribution >= 4 is 10.8 Å². The Hall–Kier alpha value is -1.38. The molecule has 0 saturated carbocycles. The Kier molecular flexibility index (Phi) is 2.60. The highest BCUT2D eigenvalue weighted by atomic mass is 16.7. The van der Waals surface area contributed by atoms with Crippen LogP contribution in [0, 0.1) is 0 Å². The lowest BCUT2D eigenvalue weighted by atomic mass is 9.97. The van der Waals surface area contributed by atoms with Gasteiger partial charge in [0, 0.05) is 5.92 Å². The highest BCUT2D eigenvalue weighted by molar-refractivity contribution is 5.83. The summed E-state index contributed by atoms with van der Waals surface area (Å²) in [5.41, 5.74) is 1.30. The van der Waals surface area contributed by atoms with E-state index in [0.29, 0.717) is 12.7 Å². The largest absolute Gasteiger partial charge is 0.355 e. The van der Waals surface area contributed by atoms with Crippen molar-refractivity contribution in [3.05, 3.63) is 48.0 Å². The average molecular weight is 214 g/mol. The molecule has 0 radical (unpaired) electrons.